The number of rotatable bonds is 6. The zero-order chi connectivity index (χ0) is 22.0. The van der Waals surface area contributed by atoms with E-state index >= 15 is 0 Å². The number of ether oxygens (including phenoxy) is 5. The monoisotopic (exact) mass is 438 g/mol. The highest BCUT2D eigenvalue weighted by Crippen LogP contribution is 2.46. The van der Waals surface area contributed by atoms with E-state index in [0.29, 0.717) is 34.6 Å². The van der Waals surface area contributed by atoms with Crippen LogP contribution in [-0.2, 0) is 0 Å². The minimum absolute atomic E-state index is 0.397. The van der Waals surface area contributed by atoms with Crippen LogP contribution in [0.4, 0.5) is 0 Å². The van der Waals surface area contributed by atoms with Crippen LogP contribution in [0, 0.1) is 0 Å². The lowest BCUT2D eigenvalue weighted by molar-refractivity contribution is 0.339. The molecule has 3 aromatic rings. The van der Waals surface area contributed by atoms with E-state index in [4.69, 9.17) is 35.3 Å². The van der Waals surface area contributed by atoms with Crippen molar-refractivity contribution in [2.45, 2.75) is 0 Å². The summed E-state index contributed by atoms with van der Waals surface area (Å²) in [5, 5.41) is 0.681. The summed E-state index contributed by atoms with van der Waals surface area (Å²) in [4.78, 5) is 0. The van der Waals surface area contributed by atoms with Crippen LogP contribution in [0.25, 0.3) is 11.1 Å². The summed E-state index contributed by atoms with van der Waals surface area (Å²) in [6.45, 7) is 0.397. The molecular weight excluding hydrogens is 416 g/mol. The summed E-state index contributed by atoms with van der Waals surface area (Å²) in [5.41, 5.74) is 4.95. The maximum atomic E-state index is 6.13. The molecule has 0 N–H and O–H groups in total. The Balaban J connectivity index is 2.00. The van der Waals surface area contributed by atoms with Crippen LogP contribution >= 0.6 is 11.6 Å². The van der Waals surface area contributed by atoms with Gasteiger partial charge in [0, 0.05) is 27.8 Å². The number of hydrogen-bond acceptors (Lipinski definition) is 5. The molecule has 0 atom stereocenters. The number of fused-ring (bicyclic) bond motifs is 1. The molecular formula is C25H23ClO5. The number of methoxy groups -OCH3 is 4. The number of benzene rings is 3. The Morgan fingerprint density at radius 2 is 1.26 bits per heavy atom. The number of halogens is 1. The molecule has 31 heavy (non-hydrogen) atoms. The molecule has 6 heteroatoms. The minimum atomic E-state index is 0.397. The second-order valence-corrected chi connectivity index (χ2v) is 7.36. The van der Waals surface area contributed by atoms with Crippen LogP contribution in [0.3, 0.4) is 0 Å². The Morgan fingerprint density at radius 1 is 0.677 bits per heavy atom. The molecule has 0 radical (unpaired) electrons. The largest absolute Gasteiger partial charge is 0.493 e. The van der Waals surface area contributed by atoms with Gasteiger partial charge in [-0.3, -0.25) is 0 Å². The molecule has 0 bridgehead atoms. The average molecular weight is 439 g/mol. The molecule has 0 aliphatic carbocycles. The molecule has 3 aromatic carbocycles. The van der Waals surface area contributed by atoms with Crippen molar-refractivity contribution in [2.24, 2.45) is 0 Å². The fourth-order valence-electron chi connectivity index (χ4n) is 3.76. The lowest BCUT2D eigenvalue weighted by Crippen LogP contribution is -2.12. The van der Waals surface area contributed by atoms with Gasteiger partial charge in [0.15, 0.2) is 23.0 Å². The standard InChI is InChI=1S/C25H23ClO5/c1-27-20-10-7-16(11-22(20)28-2)25-18-12-23(29-3)24(30-4)13-21(18)31-14-19(25)15-5-8-17(26)9-6-15/h5-13H,14H2,1-4H3. The summed E-state index contributed by atoms with van der Waals surface area (Å²) in [7, 11) is 6.48. The normalized spacial score (nSPS) is 12.7. The lowest BCUT2D eigenvalue weighted by Gasteiger charge is -2.26. The van der Waals surface area contributed by atoms with Gasteiger partial charge in [-0.2, -0.15) is 0 Å². The molecule has 0 amide bonds. The third-order valence-electron chi connectivity index (χ3n) is 5.29. The van der Waals surface area contributed by atoms with Crippen LogP contribution in [0.2, 0.25) is 5.02 Å². The smallest absolute Gasteiger partial charge is 0.164 e. The van der Waals surface area contributed by atoms with Crippen LogP contribution in [0.1, 0.15) is 16.7 Å². The van der Waals surface area contributed by atoms with E-state index in [1.54, 1.807) is 28.4 Å². The molecule has 0 fully saturated rings. The van der Waals surface area contributed by atoms with E-state index in [9.17, 15) is 0 Å². The van der Waals surface area contributed by atoms with Crippen LogP contribution in [-0.4, -0.2) is 35.0 Å². The van der Waals surface area contributed by atoms with Gasteiger partial charge in [0.25, 0.3) is 0 Å². The van der Waals surface area contributed by atoms with Gasteiger partial charge in [0.1, 0.15) is 12.4 Å². The highest BCUT2D eigenvalue weighted by Gasteiger charge is 2.26. The van der Waals surface area contributed by atoms with Gasteiger partial charge >= 0.3 is 0 Å². The minimum Gasteiger partial charge on any atom is -0.493 e. The SMILES string of the molecule is COc1ccc(C2=C(c3ccc(Cl)cc3)COc3cc(OC)c(OC)cc32)cc1OC. The highest BCUT2D eigenvalue weighted by atomic mass is 35.5. The van der Waals surface area contributed by atoms with Crippen LogP contribution in [0.15, 0.2) is 54.6 Å². The third kappa shape index (κ3) is 3.89. The van der Waals surface area contributed by atoms with Gasteiger partial charge in [0.2, 0.25) is 0 Å². The van der Waals surface area contributed by atoms with Crippen molar-refractivity contribution in [3.63, 3.8) is 0 Å². The van der Waals surface area contributed by atoms with Crippen molar-refractivity contribution in [3.05, 3.63) is 76.3 Å². The quantitative estimate of drug-likeness (QED) is 0.492. The van der Waals surface area contributed by atoms with Crippen molar-refractivity contribution in [1.29, 1.82) is 0 Å². The summed E-state index contributed by atoms with van der Waals surface area (Å²) in [6, 6.07) is 17.4. The molecule has 0 saturated heterocycles. The molecule has 0 aromatic heterocycles. The Bertz CT molecular complexity index is 1140. The molecule has 1 aliphatic heterocycles. The topological polar surface area (TPSA) is 46.2 Å². The molecule has 4 rings (SSSR count). The van der Waals surface area contributed by atoms with Gasteiger partial charge in [-0.1, -0.05) is 29.8 Å². The summed E-state index contributed by atoms with van der Waals surface area (Å²) in [5.74, 6) is 3.28. The Hall–Kier alpha value is -3.31. The molecule has 0 saturated carbocycles. The summed E-state index contributed by atoms with van der Waals surface area (Å²) in [6.07, 6.45) is 0. The van der Waals surface area contributed by atoms with Crippen LogP contribution < -0.4 is 23.7 Å². The molecule has 160 valence electrons. The first-order valence-electron chi connectivity index (χ1n) is 9.70. The van der Waals surface area contributed by atoms with E-state index in [1.165, 1.54) is 0 Å². The van der Waals surface area contributed by atoms with Gasteiger partial charge < -0.3 is 23.7 Å². The number of hydrogen-bond donors (Lipinski definition) is 0. The maximum absolute atomic E-state index is 6.13. The fraction of sp³-hybridized carbons (Fsp3) is 0.200. The Kier molecular flexibility index (Phi) is 5.96. The van der Waals surface area contributed by atoms with Crippen molar-refractivity contribution < 1.29 is 23.7 Å². The van der Waals surface area contributed by atoms with E-state index in [1.807, 2.05) is 54.6 Å². The lowest BCUT2D eigenvalue weighted by atomic mass is 9.87. The van der Waals surface area contributed by atoms with E-state index in [-0.39, 0.29) is 0 Å². The van der Waals surface area contributed by atoms with Gasteiger partial charge in [-0.25, -0.2) is 0 Å². The van der Waals surface area contributed by atoms with Gasteiger partial charge in [0.05, 0.1) is 28.4 Å². The molecule has 5 nitrogen and oxygen atoms in total. The summed E-state index contributed by atoms with van der Waals surface area (Å²) < 4.78 is 28.1. The maximum Gasteiger partial charge on any atom is 0.164 e. The third-order valence-corrected chi connectivity index (χ3v) is 5.55. The predicted molar refractivity (Wildman–Crippen MR) is 122 cm³/mol. The van der Waals surface area contributed by atoms with E-state index in [2.05, 4.69) is 0 Å². The van der Waals surface area contributed by atoms with Crippen molar-refractivity contribution in [1.82, 2.24) is 0 Å². The van der Waals surface area contributed by atoms with Crippen molar-refractivity contribution >= 4 is 22.7 Å². The Morgan fingerprint density at radius 3 is 1.90 bits per heavy atom. The molecule has 0 unspecified atom stereocenters. The fourth-order valence-corrected chi connectivity index (χ4v) is 3.89. The van der Waals surface area contributed by atoms with Gasteiger partial charge in [-0.15, -0.1) is 0 Å². The first-order chi connectivity index (χ1) is 15.1. The first-order valence-corrected chi connectivity index (χ1v) is 10.1. The zero-order valence-corrected chi connectivity index (χ0v) is 18.6. The van der Waals surface area contributed by atoms with Crippen molar-refractivity contribution in [2.75, 3.05) is 35.0 Å². The highest BCUT2D eigenvalue weighted by molar-refractivity contribution is 6.30. The van der Waals surface area contributed by atoms with Crippen molar-refractivity contribution in [3.8, 4) is 28.7 Å². The van der Waals surface area contributed by atoms with E-state index in [0.717, 1.165) is 33.6 Å². The molecule has 1 heterocycles. The van der Waals surface area contributed by atoms with Gasteiger partial charge in [-0.05, 0) is 41.5 Å². The molecule has 0 spiro atoms. The average Bonchev–Trinajstić information content (AvgIpc) is 2.82. The zero-order valence-electron chi connectivity index (χ0n) is 17.8. The van der Waals surface area contributed by atoms with Crippen LogP contribution in [0.5, 0.6) is 28.7 Å². The summed E-state index contributed by atoms with van der Waals surface area (Å²) >= 11 is 6.12. The molecule has 1 aliphatic rings. The first kappa shape index (κ1) is 20.9. The Labute approximate surface area is 186 Å². The van der Waals surface area contributed by atoms with E-state index < -0.39 is 0 Å². The predicted octanol–water partition coefficient (Wildman–Crippen LogP) is 5.73. The second kappa shape index (κ2) is 8.82. The second-order valence-electron chi connectivity index (χ2n) is 6.92.